The van der Waals surface area contributed by atoms with E-state index >= 15 is 0 Å². The average Bonchev–Trinajstić information content (AvgIpc) is 2.86. The summed E-state index contributed by atoms with van der Waals surface area (Å²) in [5.41, 5.74) is 0. The van der Waals surface area contributed by atoms with Gasteiger partial charge in [0, 0.05) is 25.5 Å². The van der Waals surface area contributed by atoms with Gasteiger partial charge < -0.3 is 9.80 Å². The Kier molecular flexibility index (Phi) is 9.66. The molecule has 0 aromatic heterocycles. The topological polar surface area (TPSA) is 6.48 Å². The van der Waals surface area contributed by atoms with E-state index in [1.165, 1.54) is 77.3 Å². The first kappa shape index (κ1) is 16.4. The molecule has 0 N–H and O–H groups in total. The highest BCUT2D eigenvalue weighted by molar-refractivity contribution is 4.90. The van der Waals surface area contributed by atoms with Crippen LogP contribution in [-0.2, 0) is 0 Å². The third-order valence-corrected chi connectivity index (χ3v) is 3.95. The minimum absolute atomic E-state index is 1.12. The van der Waals surface area contributed by atoms with Crippen LogP contribution >= 0.6 is 0 Å². The predicted molar refractivity (Wildman–Crippen MR) is 84.9 cm³/mol. The molecule has 1 rings (SSSR count). The molecule has 1 aliphatic rings. The summed E-state index contributed by atoms with van der Waals surface area (Å²) in [7, 11) is 0. The van der Waals surface area contributed by atoms with E-state index < -0.39 is 0 Å². The molecule has 0 unspecified atom stereocenters. The second-order valence-corrected chi connectivity index (χ2v) is 5.89. The summed E-state index contributed by atoms with van der Waals surface area (Å²) in [5, 5.41) is 0. The third-order valence-electron chi connectivity index (χ3n) is 3.95. The smallest absolute Gasteiger partial charge is 0.0893 e. The molecule has 0 spiro atoms. The lowest BCUT2D eigenvalue weighted by molar-refractivity contribution is 0.257. The molecule has 0 bridgehead atoms. The molecule has 0 radical (unpaired) electrons. The lowest BCUT2D eigenvalue weighted by Gasteiger charge is -2.21. The molecule has 1 aliphatic heterocycles. The van der Waals surface area contributed by atoms with Gasteiger partial charge in [0.25, 0.3) is 0 Å². The molecule has 0 saturated heterocycles. The SMILES string of the molecule is CCCCCCCCCN1C=CN(CCCCC)C1. The van der Waals surface area contributed by atoms with Crippen molar-refractivity contribution in [3.8, 4) is 0 Å². The van der Waals surface area contributed by atoms with Crippen LogP contribution in [0, 0.1) is 0 Å². The third kappa shape index (κ3) is 8.18. The summed E-state index contributed by atoms with van der Waals surface area (Å²) in [4.78, 5) is 4.93. The standard InChI is InChI=1S/C17H34N2/c1-3-5-7-8-9-10-12-14-19-16-15-18(17-19)13-11-6-4-2/h15-16H,3-14,17H2,1-2H3. The monoisotopic (exact) mass is 266 g/mol. The molecule has 19 heavy (non-hydrogen) atoms. The van der Waals surface area contributed by atoms with Crippen molar-refractivity contribution in [2.45, 2.75) is 78.1 Å². The molecule has 2 heteroatoms. The van der Waals surface area contributed by atoms with Crippen molar-refractivity contribution in [1.29, 1.82) is 0 Å². The summed E-state index contributed by atoms with van der Waals surface area (Å²) in [6, 6.07) is 0. The zero-order valence-corrected chi connectivity index (χ0v) is 13.2. The van der Waals surface area contributed by atoms with Crippen molar-refractivity contribution in [2.24, 2.45) is 0 Å². The van der Waals surface area contributed by atoms with Crippen molar-refractivity contribution >= 4 is 0 Å². The largest absolute Gasteiger partial charge is 0.359 e. The van der Waals surface area contributed by atoms with Crippen LogP contribution in [0.3, 0.4) is 0 Å². The van der Waals surface area contributed by atoms with Crippen molar-refractivity contribution in [2.75, 3.05) is 19.8 Å². The van der Waals surface area contributed by atoms with Crippen LogP contribution < -0.4 is 0 Å². The summed E-state index contributed by atoms with van der Waals surface area (Å²) in [5.74, 6) is 0. The van der Waals surface area contributed by atoms with Crippen LogP contribution in [0.1, 0.15) is 78.1 Å². The lowest BCUT2D eigenvalue weighted by atomic mass is 10.1. The predicted octanol–water partition coefficient (Wildman–Crippen LogP) is 4.97. The highest BCUT2D eigenvalue weighted by Gasteiger charge is 2.10. The number of hydrogen-bond acceptors (Lipinski definition) is 2. The molecular weight excluding hydrogens is 232 g/mol. The summed E-state index contributed by atoms with van der Waals surface area (Å²) < 4.78 is 0. The first-order chi connectivity index (χ1) is 9.36. The van der Waals surface area contributed by atoms with Gasteiger partial charge in [-0.25, -0.2) is 0 Å². The van der Waals surface area contributed by atoms with Gasteiger partial charge >= 0.3 is 0 Å². The van der Waals surface area contributed by atoms with Gasteiger partial charge in [-0.15, -0.1) is 0 Å². The van der Waals surface area contributed by atoms with E-state index in [2.05, 4.69) is 36.0 Å². The number of rotatable bonds is 12. The van der Waals surface area contributed by atoms with Crippen molar-refractivity contribution in [1.82, 2.24) is 9.80 Å². The zero-order chi connectivity index (χ0) is 13.8. The first-order valence-corrected chi connectivity index (χ1v) is 8.53. The van der Waals surface area contributed by atoms with Crippen LogP contribution in [0.5, 0.6) is 0 Å². The fraction of sp³-hybridized carbons (Fsp3) is 0.882. The first-order valence-electron chi connectivity index (χ1n) is 8.53. The minimum Gasteiger partial charge on any atom is -0.359 e. The summed E-state index contributed by atoms with van der Waals surface area (Å²) >= 11 is 0. The van der Waals surface area contributed by atoms with Gasteiger partial charge in [0.15, 0.2) is 0 Å². The van der Waals surface area contributed by atoms with Crippen LogP contribution in [0.15, 0.2) is 12.4 Å². The number of unbranched alkanes of at least 4 members (excludes halogenated alkanes) is 8. The minimum atomic E-state index is 1.12. The normalized spacial score (nSPS) is 14.6. The van der Waals surface area contributed by atoms with Gasteiger partial charge in [-0.05, 0) is 12.8 Å². The van der Waals surface area contributed by atoms with Crippen LogP contribution in [0.4, 0.5) is 0 Å². The maximum Gasteiger partial charge on any atom is 0.0893 e. The van der Waals surface area contributed by atoms with Gasteiger partial charge in [0.05, 0.1) is 6.67 Å². The number of hydrogen-bond donors (Lipinski definition) is 0. The van der Waals surface area contributed by atoms with Gasteiger partial charge in [-0.2, -0.15) is 0 Å². The van der Waals surface area contributed by atoms with E-state index in [4.69, 9.17) is 0 Å². The maximum atomic E-state index is 2.47. The molecule has 0 saturated carbocycles. The van der Waals surface area contributed by atoms with Gasteiger partial charge in [0.1, 0.15) is 0 Å². The lowest BCUT2D eigenvalue weighted by Crippen LogP contribution is -2.26. The van der Waals surface area contributed by atoms with Crippen LogP contribution in [0.25, 0.3) is 0 Å². The van der Waals surface area contributed by atoms with Crippen LogP contribution in [-0.4, -0.2) is 29.6 Å². The van der Waals surface area contributed by atoms with Gasteiger partial charge in [-0.3, -0.25) is 0 Å². The molecule has 0 aromatic rings. The fourth-order valence-electron chi connectivity index (χ4n) is 2.64. The average molecular weight is 266 g/mol. The Morgan fingerprint density at radius 3 is 1.63 bits per heavy atom. The number of nitrogens with zero attached hydrogens (tertiary/aromatic N) is 2. The summed E-state index contributed by atoms with van der Waals surface area (Å²) in [6.45, 7) is 8.16. The Morgan fingerprint density at radius 1 is 0.632 bits per heavy atom. The quantitative estimate of drug-likeness (QED) is 0.460. The van der Waals surface area contributed by atoms with Gasteiger partial charge in [0.2, 0.25) is 0 Å². The molecule has 2 nitrogen and oxygen atoms in total. The van der Waals surface area contributed by atoms with E-state index in [0.29, 0.717) is 0 Å². The molecule has 1 heterocycles. The fourth-order valence-corrected chi connectivity index (χ4v) is 2.64. The summed E-state index contributed by atoms with van der Waals surface area (Å²) in [6.07, 6.45) is 18.4. The Morgan fingerprint density at radius 2 is 1.05 bits per heavy atom. The van der Waals surface area contributed by atoms with E-state index in [1.807, 2.05) is 0 Å². The second kappa shape index (κ2) is 11.2. The molecule has 0 aromatic carbocycles. The van der Waals surface area contributed by atoms with E-state index in [-0.39, 0.29) is 0 Å². The Bertz CT molecular complexity index is 225. The van der Waals surface area contributed by atoms with E-state index in [0.717, 1.165) is 6.67 Å². The van der Waals surface area contributed by atoms with Crippen molar-refractivity contribution in [3.05, 3.63) is 12.4 Å². The Labute approximate surface area is 120 Å². The molecule has 112 valence electrons. The van der Waals surface area contributed by atoms with Gasteiger partial charge in [-0.1, -0.05) is 65.2 Å². The maximum absolute atomic E-state index is 2.47. The highest BCUT2D eigenvalue weighted by atomic mass is 15.3. The molecule has 0 fully saturated rings. The highest BCUT2D eigenvalue weighted by Crippen LogP contribution is 2.11. The molecule has 0 aliphatic carbocycles. The Hall–Kier alpha value is -0.660. The zero-order valence-electron chi connectivity index (χ0n) is 13.2. The van der Waals surface area contributed by atoms with Crippen molar-refractivity contribution in [3.63, 3.8) is 0 Å². The molecular formula is C17H34N2. The Balaban J connectivity index is 1.90. The van der Waals surface area contributed by atoms with Crippen LogP contribution in [0.2, 0.25) is 0 Å². The van der Waals surface area contributed by atoms with E-state index in [9.17, 15) is 0 Å². The van der Waals surface area contributed by atoms with E-state index in [1.54, 1.807) is 0 Å². The molecule has 0 atom stereocenters. The van der Waals surface area contributed by atoms with Crippen molar-refractivity contribution < 1.29 is 0 Å². The molecule has 0 amide bonds. The second-order valence-electron chi connectivity index (χ2n) is 5.89.